The smallest absolute Gasteiger partial charge is 0.254 e. The molecule has 0 radical (unpaired) electrons. The lowest BCUT2D eigenvalue weighted by molar-refractivity contribution is -0.114. The van der Waals surface area contributed by atoms with E-state index < -0.39 is 5.92 Å². The van der Waals surface area contributed by atoms with E-state index in [-0.39, 0.29) is 17.6 Å². The Morgan fingerprint density at radius 1 is 0.976 bits per heavy atom. The van der Waals surface area contributed by atoms with Gasteiger partial charge in [0.15, 0.2) is 0 Å². The highest BCUT2D eigenvalue weighted by Gasteiger charge is 2.36. The monoisotopic (exact) mass is 596 g/mol. The van der Waals surface area contributed by atoms with E-state index in [4.69, 9.17) is 0 Å². The minimum atomic E-state index is -0.574. The van der Waals surface area contributed by atoms with Crippen LogP contribution in [-0.4, -0.2) is 17.6 Å². The average molecular weight is 597 g/mol. The molecule has 206 valence electrons. The third-order valence-electron chi connectivity index (χ3n) is 6.57. The Labute approximate surface area is 251 Å². The predicted octanol–water partition coefficient (Wildman–Crippen LogP) is 7.75. The van der Waals surface area contributed by atoms with Gasteiger partial charge in [-0.15, -0.1) is 22.7 Å². The summed E-state index contributed by atoms with van der Waals surface area (Å²) in [6.07, 6.45) is 0.880. The number of amides is 2. The van der Waals surface area contributed by atoms with Crippen molar-refractivity contribution < 1.29 is 9.59 Å². The fourth-order valence-electron chi connectivity index (χ4n) is 4.59. The number of nitriles is 1. The highest BCUT2D eigenvalue weighted by atomic mass is 32.2. The molecule has 6 nitrogen and oxygen atoms in total. The number of para-hydroxylation sites is 1. The van der Waals surface area contributed by atoms with Gasteiger partial charge in [0, 0.05) is 37.3 Å². The van der Waals surface area contributed by atoms with Crippen LogP contribution in [-0.2, 0) is 16.0 Å². The number of nitrogens with one attached hydrogen (secondary N) is 3. The van der Waals surface area contributed by atoms with E-state index in [1.165, 1.54) is 11.8 Å². The standard InChI is InChI=1S/C32H28N4O2S3/c1-3-21-9-7-12-23(17-21)35-28(37)19-40-32-24(18-33)30(27-15-14-26(41-27)25-13-8-16-39-25)29(20(2)34-32)31(38)36-22-10-5-4-6-11-22/h4-17,30,34H,3,19H2,1-2H3,(H,35,37)(H,36,38). The van der Waals surface area contributed by atoms with Gasteiger partial charge in [-0.3, -0.25) is 9.59 Å². The summed E-state index contributed by atoms with van der Waals surface area (Å²) in [5, 5.41) is 22.2. The van der Waals surface area contributed by atoms with Crippen molar-refractivity contribution in [3.63, 3.8) is 0 Å². The molecule has 0 aliphatic carbocycles. The molecule has 1 aliphatic heterocycles. The van der Waals surface area contributed by atoms with Crippen molar-refractivity contribution >= 4 is 57.6 Å². The maximum Gasteiger partial charge on any atom is 0.254 e. The molecule has 1 unspecified atom stereocenters. The van der Waals surface area contributed by atoms with Crippen molar-refractivity contribution in [1.82, 2.24) is 5.32 Å². The van der Waals surface area contributed by atoms with Crippen LogP contribution in [0.1, 0.15) is 30.2 Å². The molecule has 0 saturated carbocycles. The second kappa shape index (κ2) is 13.0. The number of allylic oxidation sites excluding steroid dienone is 2. The quantitative estimate of drug-likeness (QED) is 0.184. The largest absolute Gasteiger partial charge is 0.353 e. The highest BCUT2D eigenvalue weighted by Crippen LogP contribution is 2.45. The van der Waals surface area contributed by atoms with Crippen LogP contribution in [0.3, 0.4) is 0 Å². The Kier molecular flexibility index (Phi) is 9.04. The zero-order valence-electron chi connectivity index (χ0n) is 22.6. The molecule has 3 N–H and O–H groups in total. The van der Waals surface area contributed by atoms with Gasteiger partial charge in [0.05, 0.1) is 28.3 Å². The van der Waals surface area contributed by atoms with Gasteiger partial charge in [-0.2, -0.15) is 5.26 Å². The molecule has 1 aliphatic rings. The first-order chi connectivity index (χ1) is 20.0. The van der Waals surface area contributed by atoms with Gasteiger partial charge >= 0.3 is 0 Å². The fraction of sp³-hybridized carbons (Fsp3) is 0.156. The molecule has 5 rings (SSSR count). The maximum absolute atomic E-state index is 13.7. The molecule has 0 fully saturated rings. The summed E-state index contributed by atoms with van der Waals surface area (Å²) in [6.45, 7) is 3.91. The molecule has 0 spiro atoms. The molecular weight excluding hydrogens is 569 g/mol. The van der Waals surface area contributed by atoms with E-state index in [0.717, 1.165) is 32.3 Å². The summed E-state index contributed by atoms with van der Waals surface area (Å²) < 4.78 is 0. The number of anilines is 2. The zero-order chi connectivity index (χ0) is 28.8. The van der Waals surface area contributed by atoms with E-state index in [0.29, 0.717) is 27.6 Å². The van der Waals surface area contributed by atoms with Crippen molar-refractivity contribution in [2.45, 2.75) is 26.2 Å². The minimum absolute atomic E-state index is 0.111. The number of carbonyl (C=O) groups excluding carboxylic acids is 2. The van der Waals surface area contributed by atoms with Crippen molar-refractivity contribution in [3.8, 4) is 15.8 Å². The summed E-state index contributed by atoms with van der Waals surface area (Å²) in [6, 6.07) is 27.5. The second-order valence-electron chi connectivity index (χ2n) is 9.34. The molecule has 41 heavy (non-hydrogen) atoms. The first-order valence-corrected chi connectivity index (χ1v) is 15.8. The number of thioether (sulfide) groups is 1. The number of nitrogens with zero attached hydrogens (tertiary/aromatic N) is 1. The van der Waals surface area contributed by atoms with Crippen LogP contribution >= 0.6 is 34.4 Å². The van der Waals surface area contributed by atoms with Gasteiger partial charge < -0.3 is 16.0 Å². The van der Waals surface area contributed by atoms with Gasteiger partial charge in [-0.05, 0) is 66.8 Å². The number of hydrogen-bond acceptors (Lipinski definition) is 7. The normalized spacial score (nSPS) is 14.8. The fourth-order valence-corrected chi connectivity index (χ4v) is 7.45. The van der Waals surface area contributed by atoms with Gasteiger partial charge in [0.1, 0.15) is 0 Å². The van der Waals surface area contributed by atoms with Crippen LogP contribution in [0.25, 0.3) is 9.75 Å². The molecule has 3 heterocycles. The Hall–Kier alpha value is -4.10. The molecule has 2 aromatic carbocycles. The third kappa shape index (κ3) is 6.63. The summed E-state index contributed by atoms with van der Waals surface area (Å²) in [5.74, 6) is -0.907. The van der Waals surface area contributed by atoms with Crippen molar-refractivity contribution in [2.75, 3.05) is 16.4 Å². The van der Waals surface area contributed by atoms with Gasteiger partial charge in [-0.1, -0.05) is 55.1 Å². The van der Waals surface area contributed by atoms with Crippen LogP contribution in [0.4, 0.5) is 11.4 Å². The molecule has 0 bridgehead atoms. The predicted molar refractivity (Wildman–Crippen MR) is 171 cm³/mol. The van der Waals surface area contributed by atoms with Crippen LogP contribution in [0.2, 0.25) is 0 Å². The van der Waals surface area contributed by atoms with E-state index in [1.807, 2.05) is 85.1 Å². The molecule has 4 aromatic rings. The minimum Gasteiger partial charge on any atom is -0.353 e. The lowest BCUT2D eigenvalue weighted by Gasteiger charge is -2.29. The Morgan fingerprint density at radius 3 is 2.51 bits per heavy atom. The number of benzene rings is 2. The van der Waals surface area contributed by atoms with E-state index >= 15 is 0 Å². The van der Waals surface area contributed by atoms with Gasteiger partial charge in [0.25, 0.3) is 5.91 Å². The third-order valence-corrected chi connectivity index (χ3v) is 9.80. The molecular formula is C32H28N4O2S3. The molecule has 2 aromatic heterocycles. The Bertz CT molecular complexity index is 1660. The van der Waals surface area contributed by atoms with Crippen LogP contribution in [0.15, 0.2) is 106 Å². The van der Waals surface area contributed by atoms with Gasteiger partial charge in [0.2, 0.25) is 5.91 Å². The Balaban J connectivity index is 1.44. The van der Waals surface area contributed by atoms with Gasteiger partial charge in [-0.25, -0.2) is 0 Å². The first-order valence-electron chi connectivity index (χ1n) is 13.1. The van der Waals surface area contributed by atoms with Crippen LogP contribution in [0.5, 0.6) is 0 Å². The maximum atomic E-state index is 13.7. The number of hydrogen-bond donors (Lipinski definition) is 3. The highest BCUT2D eigenvalue weighted by molar-refractivity contribution is 8.03. The van der Waals surface area contributed by atoms with Crippen LogP contribution in [0, 0.1) is 11.3 Å². The molecule has 9 heteroatoms. The van der Waals surface area contributed by atoms with E-state index in [1.54, 1.807) is 22.7 Å². The van der Waals surface area contributed by atoms with E-state index in [9.17, 15) is 14.9 Å². The summed E-state index contributed by atoms with van der Waals surface area (Å²) in [4.78, 5) is 29.6. The topological polar surface area (TPSA) is 94.0 Å². The zero-order valence-corrected chi connectivity index (χ0v) is 25.0. The number of dihydropyridines is 1. The average Bonchev–Trinajstić information content (AvgIpc) is 3.69. The lowest BCUT2D eigenvalue weighted by atomic mass is 9.86. The number of carbonyl (C=O) groups is 2. The number of thiophene rings is 2. The van der Waals surface area contributed by atoms with Crippen molar-refractivity contribution in [3.05, 3.63) is 117 Å². The molecule has 0 saturated heterocycles. The summed E-state index contributed by atoms with van der Waals surface area (Å²) in [7, 11) is 0. The molecule has 2 amide bonds. The first kappa shape index (κ1) is 28.4. The van der Waals surface area contributed by atoms with Crippen molar-refractivity contribution in [2.24, 2.45) is 0 Å². The van der Waals surface area contributed by atoms with Crippen molar-refractivity contribution in [1.29, 1.82) is 5.26 Å². The summed E-state index contributed by atoms with van der Waals surface area (Å²) >= 11 is 4.49. The number of rotatable bonds is 9. The summed E-state index contributed by atoms with van der Waals surface area (Å²) in [5.41, 5.74) is 4.10. The number of aryl methyl sites for hydroxylation is 1. The molecule has 1 atom stereocenters. The second-order valence-corrected chi connectivity index (χ2v) is 12.4. The SMILES string of the molecule is CCc1cccc(NC(=O)CSC2=C(C#N)C(c3ccc(-c4cccs4)s3)C(C(=O)Nc3ccccc3)=C(C)N2)c1. The van der Waals surface area contributed by atoms with E-state index in [2.05, 4.69) is 35.0 Å². The lowest BCUT2D eigenvalue weighted by Crippen LogP contribution is -2.30. The Morgan fingerprint density at radius 2 is 1.78 bits per heavy atom. The van der Waals surface area contributed by atoms with Crippen LogP contribution < -0.4 is 16.0 Å².